The maximum absolute atomic E-state index is 3.84. The monoisotopic (exact) mass is 227 g/mol. The predicted molar refractivity (Wildman–Crippen MR) is 56.8 cm³/mol. The fraction of sp³-hybridized carbons (Fsp3) is 0.400. The van der Waals surface area contributed by atoms with E-state index in [9.17, 15) is 0 Å². The van der Waals surface area contributed by atoms with E-state index in [0.717, 1.165) is 10.2 Å². The first-order valence-electron chi connectivity index (χ1n) is 3.95. The van der Waals surface area contributed by atoms with Gasteiger partial charge in [0.25, 0.3) is 0 Å². The van der Waals surface area contributed by atoms with Crippen molar-refractivity contribution in [2.75, 3.05) is 0 Å². The van der Waals surface area contributed by atoms with Crippen molar-refractivity contribution >= 4 is 15.9 Å². The summed E-state index contributed by atoms with van der Waals surface area (Å²) in [7, 11) is 0. The Morgan fingerprint density at radius 3 is 2.42 bits per heavy atom. The van der Waals surface area contributed by atoms with Crippen molar-refractivity contribution in [3.63, 3.8) is 0 Å². The zero-order valence-electron chi connectivity index (χ0n) is 7.74. The van der Waals surface area contributed by atoms with Crippen LogP contribution in [0.3, 0.4) is 0 Å². The number of rotatable bonds is 0. The third-order valence-corrected chi connectivity index (χ3v) is 2.55. The van der Waals surface area contributed by atoms with Gasteiger partial charge in [-0.05, 0) is 33.0 Å². The van der Waals surface area contributed by atoms with E-state index < -0.39 is 0 Å². The molecule has 0 aromatic carbocycles. The molecule has 0 unspecified atom stereocenters. The van der Waals surface area contributed by atoms with Gasteiger partial charge in [0.2, 0.25) is 0 Å². The number of allylic oxidation sites excluding steroid dienone is 3. The van der Waals surface area contributed by atoms with E-state index in [4.69, 9.17) is 0 Å². The Labute approximate surface area is 82.4 Å². The second kappa shape index (κ2) is 3.09. The lowest BCUT2D eigenvalue weighted by molar-refractivity contribution is 0.512. The van der Waals surface area contributed by atoms with Gasteiger partial charge in [0.1, 0.15) is 0 Å². The van der Waals surface area contributed by atoms with Gasteiger partial charge in [-0.15, -0.1) is 0 Å². The second-order valence-electron chi connectivity index (χ2n) is 3.96. The summed E-state index contributed by atoms with van der Waals surface area (Å²) in [6.07, 6.45) is 4.12. The first-order valence-corrected chi connectivity index (χ1v) is 4.74. The van der Waals surface area contributed by atoms with Crippen molar-refractivity contribution in [1.82, 2.24) is 5.32 Å². The topological polar surface area (TPSA) is 12.0 Å². The highest BCUT2D eigenvalue weighted by Gasteiger charge is 2.18. The first-order chi connectivity index (χ1) is 5.41. The number of hydrogen-bond acceptors (Lipinski definition) is 1. The molecule has 0 spiro atoms. The predicted octanol–water partition coefficient (Wildman–Crippen LogP) is 3.31. The normalized spacial score (nSPS) is 18.2. The summed E-state index contributed by atoms with van der Waals surface area (Å²) in [5.74, 6) is 0. The molecule has 1 aliphatic rings. The lowest BCUT2D eigenvalue weighted by atomic mass is 9.86. The van der Waals surface area contributed by atoms with Crippen LogP contribution in [0.1, 0.15) is 20.8 Å². The molecule has 2 heteroatoms. The summed E-state index contributed by atoms with van der Waals surface area (Å²) < 4.78 is 1.04. The molecule has 0 bridgehead atoms. The summed E-state index contributed by atoms with van der Waals surface area (Å²) in [6.45, 7) is 10.4. The quantitative estimate of drug-likeness (QED) is 0.670. The molecule has 0 aromatic heterocycles. The van der Waals surface area contributed by atoms with E-state index in [1.165, 1.54) is 5.57 Å². The molecule has 0 fully saturated rings. The van der Waals surface area contributed by atoms with Gasteiger partial charge >= 0.3 is 0 Å². The minimum Gasteiger partial charge on any atom is -0.361 e. The highest BCUT2D eigenvalue weighted by atomic mass is 79.9. The Bertz CT molecular complexity index is 266. The molecule has 0 amide bonds. The molecular formula is C10H14BrN. The molecule has 66 valence electrons. The third kappa shape index (κ3) is 2.01. The summed E-state index contributed by atoms with van der Waals surface area (Å²) >= 11 is 3.44. The maximum Gasteiger partial charge on any atom is 0.0451 e. The molecule has 1 N–H and O–H groups in total. The molecule has 0 saturated heterocycles. The molecule has 0 aromatic rings. The van der Waals surface area contributed by atoms with Crippen LogP contribution in [0.5, 0.6) is 0 Å². The number of halogens is 1. The number of nitrogens with one attached hydrogen (secondary N) is 1. The van der Waals surface area contributed by atoms with E-state index in [-0.39, 0.29) is 5.41 Å². The van der Waals surface area contributed by atoms with Gasteiger partial charge < -0.3 is 5.32 Å². The van der Waals surface area contributed by atoms with Gasteiger partial charge in [0.05, 0.1) is 0 Å². The zero-order chi connectivity index (χ0) is 9.35. The lowest BCUT2D eigenvalue weighted by Crippen LogP contribution is -2.17. The van der Waals surface area contributed by atoms with Crippen molar-refractivity contribution < 1.29 is 0 Å². The molecule has 12 heavy (non-hydrogen) atoms. The van der Waals surface area contributed by atoms with E-state index in [1.807, 2.05) is 6.20 Å². The third-order valence-electron chi connectivity index (χ3n) is 1.84. The zero-order valence-corrected chi connectivity index (χ0v) is 9.33. The largest absolute Gasteiger partial charge is 0.361 e. The van der Waals surface area contributed by atoms with E-state index in [0.29, 0.717) is 0 Å². The van der Waals surface area contributed by atoms with Gasteiger partial charge in [-0.1, -0.05) is 27.4 Å². The van der Waals surface area contributed by atoms with Crippen LogP contribution >= 0.6 is 15.9 Å². The SMILES string of the molecule is C=C1NC=C(C(C)(C)C)C=C1Br. The molecular weight excluding hydrogens is 214 g/mol. The van der Waals surface area contributed by atoms with Crippen LogP contribution in [0.2, 0.25) is 0 Å². The van der Waals surface area contributed by atoms with Crippen molar-refractivity contribution in [2.24, 2.45) is 5.41 Å². The van der Waals surface area contributed by atoms with Crippen LogP contribution in [-0.4, -0.2) is 0 Å². The summed E-state index contributed by atoms with van der Waals surface area (Å²) in [5, 5.41) is 3.12. The number of dihydropyridines is 1. The molecule has 0 saturated carbocycles. The van der Waals surface area contributed by atoms with Crippen molar-refractivity contribution in [2.45, 2.75) is 20.8 Å². The summed E-state index contributed by atoms with van der Waals surface area (Å²) in [4.78, 5) is 0. The lowest BCUT2D eigenvalue weighted by Gasteiger charge is -2.24. The van der Waals surface area contributed by atoms with E-state index in [1.54, 1.807) is 0 Å². The van der Waals surface area contributed by atoms with Crippen molar-refractivity contribution in [1.29, 1.82) is 0 Å². The fourth-order valence-corrected chi connectivity index (χ4v) is 1.29. The van der Waals surface area contributed by atoms with Crippen LogP contribution in [-0.2, 0) is 0 Å². The van der Waals surface area contributed by atoms with Gasteiger partial charge in [-0.3, -0.25) is 0 Å². The summed E-state index contributed by atoms with van der Waals surface area (Å²) in [6, 6.07) is 0. The Hall–Kier alpha value is -0.500. The smallest absolute Gasteiger partial charge is 0.0451 e. The molecule has 0 aliphatic carbocycles. The minimum atomic E-state index is 0.187. The van der Waals surface area contributed by atoms with E-state index >= 15 is 0 Å². The van der Waals surface area contributed by atoms with Crippen molar-refractivity contribution in [3.05, 3.63) is 34.6 Å². The fourth-order valence-electron chi connectivity index (χ4n) is 0.932. The van der Waals surface area contributed by atoms with Gasteiger partial charge in [0.15, 0.2) is 0 Å². The average molecular weight is 228 g/mol. The molecule has 1 nitrogen and oxygen atoms in total. The molecule has 1 aliphatic heterocycles. The second-order valence-corrected chi connectivity index (χ2v) is 4.82. The highest BCUT2D eigenvalue weighted by molar-refractivity contribution is 9.12. The van der Waals surface area contributed by atoms with Crippen molar-refractivity contribution in [3.8, 4) is 0 Å². The molecule has 1 heterocycles. The molecule has 0 radical (unpaired) electrons. The Balaban J connectivity index is 2.93. The first kappa shape index (κ1) is 9.59. The van der Waals surface area contributed by atoms with Gasteiger partial charge in [-0.2, -0.15) is 0 Å². The van der Waals surface area contributed by atoms with Crippen LogP contribution < -0.4 is 5.32 Å². The van der Waals surface area contributed by atoms with Gasteiger partial charge in [-0.25, -0.2) is 0 Å². The molecule has 1 rings (SSSR count). The highest BCUT2D eigenvalue weighted by Crippen LogP contribution is 2.31. The van der Waals surface area contributed by atoms with Gasteiger partial charge in [0, 0.05) is 16.4 Å². The standard InChI is InChI=1S/C10H14BrN/c1-7-9(11)5-8(6-12-7)10(2,3)4/h5-6,12H,1H2,2-4H3. The van der Waals surface area contributed by atoms with E-state index in [2.05, 4.69) is 54.7 Å². The van der Waals surface area contributed by atoms with Crippen LogP contribution in [0, 0.1) is 5.41 Å². The number of hydrogen-bond donors (Lipinski definition) is 1. The maximum atomic E-state index is 3.84. The Kier molecular flexibility index (Phi) is 2.47. The Morgan fingerprint density at radius 1 is 1.42 bits per heavy atom. The van der Waals surface area contributed by atoms with Crippen LogP contribution in [0.25, 0.3) is 0 Å². The minimum absolute atomic E-state index is 0.187. The average Bonchev–Trinajstić information content (AvgIpc) is 1.92. The molecule has 0 atom stereocenters. The van der Waals surface area contributed by atoms with Crippen LogP contribution in [0.15, 0.2) is 34.6 Å². The summed E-state index contributed by atoms with van der Waals surface area (Å²) in [5.41, 5.74) is 2.39. The van der Waals surface area contributed by atoms with Crippen LogP contribution in [0.4, 0.5) is 0 Å². The Morgan fingerprint density at radius 2 is 2.00 bits per heavy atom.